The van der Waals surface area contributed by atoms with Crippen molar-refractivity contribution in [2.75, 3.05) is 5.73 Å². The molecule has 4 rings (SSSR count). The van der Waals surface area contributed by atoms with E-state index in [4.69, 9.17) is 10.7 Å². The van der Waals surface area contributed by atoms with Crippen molar-refractivity contribution in [2.45, 2.75) is 32.6 Å². The van der Waals surface area contributed by atoms with Crippen LogP contribution in [0.1, 0.15) is 38.3 Å². The van der Waals surface area contributed by atoms with Gasteiger partial charge >= 0.3 is 0 Å². The second-order valence-corrected chi connectivity index (χ2v) is 5.87. The van der Waals surface area contributed by atoms with E-state index in [-0.39, 0.29) is 5.95 Å². The lowest BCUT2D eigenvalue weighted by atomic mass is 9.96. The van der Waals surface area contributed by atoms with Gasteiger partial charge in [-0.25, -0.2) is 14.5 Å². The highest BCUT2D eigenvalue weighted by atomic mass is 15.3. The summed E-state index contributed by atoms with van der Waals surface area (Å²) in [4.78, 5) is 13.7. The van der Waals surface area contributed by atoms with Crippen molar-refractivity contribution in [2.24, 2.45) is 4.99 Å². The van der Waals surface area contributed by atoms with E-state index in [0.717, 1.165) is 46.7 Å². The molecule has 3 aromatic rings. The molecule has 6 heteroatoms. The van der Waals surface area contributed by atoms with Gasteiger partial charge in [0.2, 0.25) is 5.95 Å². The molecule has 3 aromatic heterocycles. The number of anilines is 1. The standard InChI is InChI=1S/C17H18N6/c1-3-4-11-10(2)20-14-6-5-13(21-16(11)14)12-7-8-23-15(12)9-19-17(18)22-23/h5-9,11H,3-4H2,1-2H3,(H2,18,22)/t11-/m1/s1. The van der Waals surface area contributed by atoms with Gasteiger partial charge in [0.05, 0.1) is 28.8 Å². The Morgan fingerprint density at radius 1 is 1.26 bits per heavy atom. The number of aliphatic imine (C=N–C) groups is 1. The Kier molecular flexibility index (Phi) is 3.11. The molecule has 0 fully saturated rings. The molecule has 0 amide bonds. The maximum Gasteiger partial charge on any atom is 0.238 e. The van der Waals surface area contributed by atoms with Crippen LogP contribution in [0.25, 0.3) is 16.8 Å². The molecule has 23 heavy (non-hydrogen) atoms. The normalized spacial score (nSPS) is 16.6. The molecule has 1 atom stereocenters. The van der Waals surface area contributed by atoms with Crippen molar-refractivity contribution in [1.82, 2.24) is 19.6 Å². The van der Waals surface area contributed by atoms with Gasteiger partial charge in [-0.15, -0.1) is 5.10 Å². The first-order valence-electron chi connectivity index (χ1n) is 7.83. The van der Waals surface area contributed by atoms with Crippen LogP contribution in [0, 0.1) is 0 Å². The molecule has 6 nitrogen and oxygen atoms in total. The predicted octanol–water partition coefficient (Wildman–Crippen LogP) is 3.36. The molecule has 0 saturated heterocycles. The van der Waals surface area contributed by atoms with Crippen LogP contribution < -0.4 is 5.73 Å². The van der Waals surface area contributed by atoms with Gasteiger partial charge in [0.1, 0.15) is 0 Å². The van der Waals surface area contributed by atoms with Crippen LogP contribution in [0.3, 0.4) is 0 Å². The molecular formula is C17H18N6. The smallest absolute Gasteiger partial charge is 0.238 e. The zero-order chi connectivity index (χ0) is 16.0. The van der Waals surface area contributed by atoms with Crippen molar-refractivity contribution in [1.29, 1.82) is 0 Å². The van der Waals surface area contributed by atoms with Gasteiger partial charge in [0.25, 0.3) is 0 Å². The molecule has 0 radical (unpaired) electrons. The van der Waals surface area contributed by atoms with Gasteiger partial charge in [-0.2, -0.15) is 0 Å². The van der Waals surface area contributed by atoms with Crippen molar-refractivity contribution in [3.05, 3.63) is 36.3 Å². The Hall–Kier alpha value is -2.76. The summed E-state index contributed by atoms with van der Waals surface area (Å²) in [6.45, 7) is 4.28. The second kappa shape index (κ2) is 5.15. The molecule has 1 aliphatic rings. The molecule has 0 unspecified atom stereocenters. The summed E-state index contributed by atoms with van der Waals surface area (Å²) in [5.41, 5.74) is 11.7. The van der Waals surface area contributed by atoms with E-state index in [9.17, 15) is 0 Å². The van der Waals surface area contributed by atoms with Crippen LogP contribution in [0.15, 0.2) is 35.6 Å². The summed E-state index contributed by atoms with van der Waals surface area (Å²) in [5, 5.41) is 4.18. The van der Waals surface area contributed by atoms with Gasteiger partial charge in [0.15, 0.2) is 0 Å². The van der Waals surface area contributed by atoms with Gasteiger partial charge in [-0.1, -0.05) is 13.3 Å². The maximum atomic E-state index is 5.64. The van der Waals surface area contributed by atoms with E-state index >= 15 is 0 Å². The predicted molar refractivity (Wildman–Crippen MR) is 91.0 cm³/mol. The fraction of sp³-hybridized carbons (Fsp3) is 0.294. The maximum absolute atomic E-state index is 5.64. The Bertz CT molecular complexity index is 924. The third-order valence-corrected chi connectivity index (χ3v) is 4.32. The van der Waals surface area contributed by atoms with Crippen molar-refractivity contribution < 1.29 is 0 Å². The third-order valence-electron chi connectivity index (χ3n) is 4.32. The number of pyridine rings is 1. The van der Waals surface area contributed by atoms with E-state index in [1.807, 2.05) is 18.3 Å². The summed E-state index contributed by atoms with van der Waals surface area (Å²) < 4.78 is 1.73. The topological polar surface area (TPSA) is 81.5 Å². The average Bonchev–Trinajstić information content (AvgIpc) is 3.08. The van der Waals surface area contributed by atoms with Gasteiger partial charge < -0.3 is 5.73 Å². The van der Waals surface area contributed by atoms with E-state index in [2.05, 4.69) is 35.0 Å². The Labute approximate surface area is 134 Å². The highest BCUT2D eigenvalue weighted by Crippen LogP contribution is 2.38. The first kappa shape index (κ1) is 13.9. The summed E-state index contributed by atoms with van der Waals surface area (Å²) in [5.74, 6) is 0.587. The zero-order valence-electron chi connectivity index (χ0n) is 13.2. The summed E-state index contributed by atoms with van der Waals surface area (Å²) in [6.07, 6.45) is 5.81. The SMILES string of the molecule is CCC[C@@H]1C(C)=Nc2ccc(-c3ccn4nc(N)ncc34)nc21. The first-order chi connectivity index (χ1) is 11.2. The molecule has 0 bridgehead atoms. The number of hydrogen-bond donors (Lipinski definition) is 1. The highest BCUT2D eigenvalue weighted by molar-refractivity contribution is 5.96. The van der Waals surface area contributed by atoms with Crippen LogP contribution in [0.5, 0.6) is 0 Å². The minimum atomic E-state index is 0.258. The molecule has 0 spiro atoms. The molecule has 116 valence electrons. The molecule has 1 aliphatic heterocycles. The molecule has 2 N–H and O–H groups in total. The first-order valence-corrected chi connectivity index (χ1v) is 7.83. The lowest BCUT2D eigenvalue weighted by molar-refractivity contribution is 0.737. The molecule has 0 aromatic carbocycles. The summed E-state index contributed by atoms with van der Waals surface area (Å²) in [7, 11) is 0. The third kappa shape index (κ3) is 2.18. The number of aromatic nitrogens is 4. The number of rotatable bonds is 3. The lowest BCUT2D eigenvalue weighted by Crippen LogP contribution is -2.06. The monoisotopic (exact) mass is 306 g/mol. The second-order valence-electron chi connectivity index (χ2n) is 5.87. The van der Waals surface area contributed by atoms with Crippen LogP contribution in [0.2, 0.25) is 0 Å². The van der Waals surface area contributed by atoms with E-state index in [0.29, 0.717) is 5.92 Å². The van der Waals surface area contributed by atoms with Crippen LogP contribution in [-0.4, -0.2) is 25.3 Å². The zero-order valence-corrected chi connectivity index (χ0v) is 13.2. The minimum absolute atomic E-state index is 0.258. The Morgan fingerprint density at radius 3 is 2.96 bits per heavy atom. The molecule has 0 saturated carbocycles. The number of nitrogens with zero attached hydrogens (tertiary/aromatic N) is 5. The number of hydrogen-bond acceptors (Lipinski definition) is 5. The van der Waals surface area contributed by atoms with Crippen molar-refractivity contribution in [3.8, 4) is 11.3 Å². The van der Waals surface area contributed by atoms with E-state index < -0.39 is 0 Å². The minimum Gasteiger partial charge on any atom is -0.367 e. The van der Waals surface area contributed by atoms with Gasteiger partial charge in [-0.3, -0.25) is 4.99 Å². The van der Waals surface area contributed by atoms with E-state index in [1.165, 1.54) is 0 Å². The van der Waals surface area contributed by atoms with Gasteiger partial charge in [0, 0.05) is 23.4 Å². The van der Waals surface area contributed by atoms with Crippen LogP contribution in [-0.2, 0) is 0 Å². The van der Waals surface area contributed by atoms with Crippen LogP contribution >= 0.6 is 0 Å². The van der Waals surface area contributed by atoms with Crippen molar-refractivity contribution in [3.63, 3.8) is 0 Å². The quantitative estimate of drug-likeness (QED) is 0.804. The van der Waals surface area contributed by atoms with Gasteiger partial charge in [-0.05, 0) is 31.5 Å². The molecule has 0 aliphatic carbocycles. The number of fused-ring (bicyclic) bond motifs is 2. The molecule has 4 heterocycles. The molecular weight excluding hydrogens is 288 g/mol. The Balaban J connectivity index is 1.82. The summed E-state index contributed by atoms with van der Waals surface area (Å²) >= 11 is 0. The largest absolute Gasteiger partial charge is 0.367 e. The average molecular weight is 306 g/mol. The van der Waals surface area contributed by atoms with Crippen molar-refractivity contribution >= 4 is 22.9 Å². The Morgan fingerprint density at radius 2 is 2.13 bits per heavy atom. The van der Waals surface area contributed by atoms with Crippen LogP contribution in [0.4, 0.5) is 11.6 Å². The fourth-order valence-electron chi connectivity index (χ4n) is 3.20. The fourth-order valence-corrected chi connectivity index (χ4v) is 3.20. The lowest BCUT2D eigenvalue weighted by Gasteiger charge is -2.11. The number of nitrogen functional groups attached to an aromatic ring is 1. The number of nitrogens with two attached hydrogens (primary N) is 1. The van der Waals surface area contributed by atoms with E-state index in [1.54, 1.807) is 10.7 Å². The summed E-state index contributed by atoms with van der Waals surface area (Å²) in [6, 6.07) is 6.06. The highest BCUT2D eigenvalue weighted by Gasteiger charge is 2.26.